The van der Waals surface area contributed by atoms with Gasteiger partial charge in [0.15, 0.2) is 0 Å². The fourth-order valence-electron chi connectivity index (χ4n) is 8.50. The van der Waals surface area contributed by atoms with Gasteiger partial charge in [0.2, 0.25) is 6.71 Å². The van der Waals surface area contributed by atoms with E-state index in [2.05, 4.69) is 173 Å². The zero-order valence-corrected chi connectivity index (χ0v) is 26.8. The molecule has 0 bridgehead atoms. The zero-order chi connectivity index (χ0) is 31.3. The van der Waals surface area contributed by atoms with Gasteiger partial charge in [-0.1, -0.05) is 145 Å². The zero-order valence-electron chi connectivity index (χ0n) is 26.0. The molecular formula is C44H27BN2S. The van der Waals surface area contributed by atoms with Crippen molar-refractivity contribution in [3.05, 3.63) is 164 Å². The molecule has 0 spiro atoms. The van der Waals surface area contributed by atoms with E-state index in [0.717, 1.165) is 0 Å². The van der Waals surface area contributed by atoms with Crippen molar-refractivity contribution in [2.45, 2.75) is 9.79 Å². The lowest BCUT2D eigenvalue weighted by Crippen LogP contribution is -2.58. The minimum Gasteiger partial charge on any atom is -0.310 e. The van der Waals surface area contributed by atoms with E-state index < -0.39 is 0 Å². The van der Waals surface area contributed by atoms with E-state index in [0.29, 0.717) is 0 Å². The quantitative estimate of drug-likeness (QED) is 0.178. The number of hydrogen-bond donors (Lipinski definition) is 0. The van der Waals surface area contributed by atoms with Gasteiger partial charge in [-0.15, -0.1) is 0 Å². The molecule has 0 N–H and O–H groups in total. The molecule has 0 fully saturated rings. The molecule has 0 amide bonds. The van der Waals surface area contributed by atoms with Crippen LogP contribution in [0.2, 0.25) is 0 Å². The van der Waals surface area contributed by atoms with Crippen LogP contribution < -0.4 is 16.4 Å². The molecular weight excluding hydrogens is 599 g/mol. The summed E-state index contributed by atoms with van der Waals surface area (Å²) < 4.78 is 5.00. The summed E-state index contributed by atoms with van der Waals surface area (Å²) in [6.07, 6.45) is 0. The molecule has 222 valence electrons. The standard InChI is InChI=1S/C44H27BN2S/c1-3-13-28(14-4-1)41-33-19-11-20-35-44(33)47(43(41)29-15-5-2-6-16-29)38-23-12-24-39-42(38)45(35)34-26-25-30(27-40(34)48-39)46-36-21-9-7-17-31(36)32-18-8-10-22-37(32)46/h1-27H. The number of rotatable bonds is 3. The fourth-order valence-corrected chi connectivity index (χ4v) is 9.70. The normalized spacial score (nSPS) is 12.9. The Balaban J connectivity index is 1.20. The monoisotopic (exact) mass is 626 g/mol. The third-order valence-corrected chi connectivity index (χ3v) is 11.5. The van der Waals surface area contributed by atoms with E-state index in [-0.39, 0.29) is 6.71 Å². The van der Waals surface area contributed by atoms with E-state index in [1.54, 1.807) is 0 Å². The summed E-state index contributed by atoms with van der Waals surface area (Å²) in [4.78, 5) is 2.66. The van der Waals surface area contributed by atoms with Crippen molar-refractivity contribution in [1.82, 2.24) is 9.13 Å². The van der Waals surface area contributed by atoms with Gasteiger partial charge in [0.05, 0.1) is 16.7 Å². The number of benzene rings is 7. The lowest BCUT2D eigenvalue weighted by molar-refractivity contribution is 1.13. The predicted molar refractivity (Wildman–Crippen MR) is 204 cm³/mol. The molecule has 0 atom stereocenters. The fraction of sp³-hybridized carbons (Fsp3) is 0. The van der Waals surface area contributed by atoms with Gasteiger partial charge in [0.1, 0.15) is 0 Å². The Morgan fingerprint density at radius 1 is 0.458 bits per heavy atom. The maximum Gasteiger partial charge on any atom is 0.249 e. The molecule has 0 unspecified atom stereocenters. The second-order valence-electron chi connectivity index (χ2n) is 12.9. The van der Waals surface area contributed by atoms with Crippen LogP contribution in [0.4, 0.5) is 0 Å². The third kappa shape index (κ3) is 3.50. The largest absolute Gasteiger partial charge is 0.310 e. The Kier molecular flexibility index (Phi) is 5.44. The van der Waals surface area contributed by atoms with E-state index in [4.69, 9.17) is 0 Å². The van der Waals surface area contributed by atoms with Gasteiger partial charge in [-0.05, 0) is 58.5 Å². The van der Waals surface area contributed by atoms with E-state index >= 15 is 0 Å². The molecule has 2 aromatic heterocycles. The molecule has 11 rings (SSSR count). The van der Waals surface area contributed by atoms with Crippen molar-refractivity contribution < 1.29 is 0 Å². The van der Waals surface area contributed by atoms with Gasteiger partial charge < -0.3 is 9.13 Å². The SMILES string of the molecule is c1ccc(-c2c(-c3ccccc3)n3c4c(cccc24)B2c4ccc(-n5c6ccccc6c6ccccc65)cc4Sc4cccc-3c42)cc1. The van der Waals surface area contributed by atoms with Crippen LogP contribution in [-0.4, -0.2) is 15.8 Å². The summed E-state index contributed by atoms with van der Waals surface area (Å²) in [6.45, 7) is 0.151. The highest BCUT2D eigenvalue weighted by Crippen LogP contribution is 2.45. The van der Waals surface area contributed by atoms with Gasteiger partial charge in [0.25, 0.3) is 0 Å². The lowest BCUT2D eigenvalue weighted by atomic mass is 9.35. The summed E-state index contributed by atoms with van der Waals surface area (Å²) in [5.74, 6) is 0. The number of fused-ring (bicyclic) bond motifs is 7. The number of nitrogens with zero attached hydrogens (tertiary/aromatic N) is 2. The van der Waals surface area contributed by atoms with Gasteiger partial charge in [0, 0.05) is 48.4 Å². The molecule has 0 saturated heterocycles. The molecule has 9 aromatic rings. The topological polar surface area (TPSA) is 9.86 Å². The van der Waals surface area contributed by atoms with Gasteiger partial charge in [-0.2, -0.15) is 0 Å². The van der Waals surface area contributed by atoms with Crippen LogP contribution in [-0.2, 0) is 0 Å². The second-order valence-corrected chi connectivity index (χ2v) is 13.9. The summed E-state index contributed by atoms with van der Waals surface area (Å²) in [5, 5.41) is 3.88. The summed E-state index contributed by atoms with van der Waals surface area (Å²) in [6, 6.07) is 60.4. The van der Waals surface area contributed by atoms with E-state index in [9.17, 15) is 0 Å². The number of para-hydroxylation sites is 3. The van der Waals surface area contributed by atoms with Gasteiger partial charge in [-0.3, -0.25) is 0 Å². The molecule has 48 heavy (non-hydrogen) atoms. The maximum absolute atomic E-state index is 2.57. The van der Waals surface area contributed by atoms with Crippen LogP contribution in [0.15, 0.2) is 174 Å². The first kappa shape index (κ1) is 26.4. The first-order valence-electron chi connectivity index (χ1n) is 16.6. The molecule has 0 aliphatic carbocycles. The van der Waals surface area contributed by atoms with Crippen LogP contribution in [0.5, 0.6) is 0 Å². The van der Waals surface area contributed by atoms with Crippen LogP contribution >= 0.6 is 11.8 Å². The summed E-state index contributed by atoms with van der Waals surface area (Å²) in [5.41, 5.74) is 15.5. The van der Waals surface area contributed by atoms with Crippen LogP contribution in [0.3, 0.4) is 0 Å². The minimum atomic E-state index is 0.151. The lowest BCUT2D eigenvalue weighted by Gasteiger charge is -2.33. The highest BCUT2D eigenvalue weighted by atomic mass is 32.2. The first-order valence-corrected chi connectivity index (χ1v) is 17.4. The average Bonchev–Trinajstić information content (AvgIpc) is 3.68. The molecule has 2 aliphatic heterocycles. The highest BCUT2D eigenvalue weighted by Gasteiger charge is 2.40. The Hall–Kier alpha value is -5.71. The van der Waals surface area contributed by atoms with Crippen molar-refractivity contribution >= 4 is 67.6 Å². The van der Waals surface area contributed by atoms with Crippen molar-refractivity contribution in [3.63, 3.8) is 0 Å². The van der Waals surface area contributed by atoms with E-state index in [1.807, 2.05) is 11.8 Å². The van der Waals surface area contributed by atoms with Crippen molar-refractivity contribution in [2.24, 2.45) is 0 Å². The molecule has 0 saturated carbocycles. The van der Waals surface area contributed by atoms with Crippen molar-refractivity contribution in [3.8, 4) is 33.8 Å². The number of hydrogen-bond acceptors (Lipinski definition) is 1. The Bertz CT molecular complexity index is 2700. The molecule has 2 aliphatic rings. The predicted octanol–water partition coefficient (Wildman–Crippen LogP) is 9.36. The van der Waals surface area contributed by atoms with E-state index in [1.165, 1.54) is 92.6 Å². The number of aromatic nitrogens is 2. The Morgan fingerprint density at radius 3 is 1.85 bits per heavy atom. The molecule has 2 nitrogen and oxygen atoms in total. The van der Waals surface area contributed by atoms with Gasteiger partial charge >= 0.3 is 0 Å². The van der Waals surface area contributed by atoms with Crippen molar-refractivity contribution in [2.75, 3.05) is 0 Å². The second kappa shape index (κ2) is 9.90. The molecule has 0 radical (unpaired) electrons. The first-order chi connectivity index (χ1) is 23.8. The summed E-state index contributed by atoms with van der Waals surface area (Å²) >= 11 is 1.91. The highest BCUT2D eigenvalue weighted by molar-refractivity contribution is 8.00. The van der Waals surface area contributed by atoms with Crippen LogP contribution in [0.1, 0.15) is 0 Å². The molecule has 4 heterocycles. The van der Waals surface area contributed by atoms with Crippen molar-refractivity contribution in [1.29, 1.82) is 0 Å². The average molecular weight is 627 g/mol. The smallest absolute Gasteiger partial charge is 0.249 e. The Labute approximate surface area is 283 Å². The molecule has 4 heteroatoms. The van der Waals surface area contributed by atoms with Crippen LogP contribution in [0.25, 0.3) is 66.5 Å². The minimum absolute atomic E-state index is 0.151. The van der Waals surface area contributed by atoms with Crippen LogP contribution in [0, 0.1) is 0 Å². The summed E-state index contributed by atoms with van der Waals surface area (Å²) in [7, 11) is 0. The third-order valence-electron chi connectivity index (χ3n) is 10.4. The maximum atomic E-state index is 2.57. The Morgan fingerprint density at radius 2 is 1.10 bits per heavy atom. The van der Waals surface area contributed by atoms with Gasteiger partial charge in [-0.25, -0.2) is 0 Å². The molecule has 7 aromatic carbocycles.